The minimum Gasteiger partial charge on any atom is -0.381 e. The number of hydrogen-bond acceptors (Lipinski definition) is 4. The van der Waals surface area contributed by atoms with Gasteiger partial charge >= 0.3 is 0 Å². The molecular weight excluding hydrogens is 250 g/mol. The highest BCUT2D eigenvalue weighted by molar-refractivity contribution is 9.10. The molecule has 1 aliphatic rings. The summed E-state index contributed by atoms with van der Waals surface area (Å²) in [6.45, 7) is 1.89. The van der Waals surface area contributed by atoms with E-state index in [-0.39, 0.29) is 6.10 Å². The number of ether oxygens (including phenoxy) is 2. The molecule has 1 atom stereocenters. The van der Waals surface area contributed by atoms with Crippen LogP contribution in [-0.2, 0) is 16.2 Å². The Balaban J connectivity index is 1.85. The fourth-order valence-electron chi connectivity index (χ4n) is 1.30. The monoisotopic (exact) mass is 261 g/mol. The molecule has 5 nitrogen and oxygen atoms in total. The molecule has 0 radical (unpaired) electrons. The molecule has 2 N–H and O–H groups in total. The second-order valence-electron chi connectivity index (χ2n) is 3.18. The maximum absolute atomic E-state index is 5.57. The smallest absolute Gasteiger partial charge is 0.159 e. The number of aromatic nitrogens is 2. The van der Waals surface area contributed by atoms with Crippen molar-refractivity contribution in [1.29, 1.82) is 0 Å². The molecule has 1 saturated heterocycles. The van der Waals surface area contributed by atoms with Gasteiger partial charge in [0.15, 0.2) is 5.82 Å². The largest absolute Gasteiger partial charge is 0.381 e. The molecule has 6 heteroatoms. The van der Waals surface area contributed by atoms with Gasteiger partial charge in [-0.1, -0.05) is 0 Å². The highest BCUT2D eigenvalue weighted by Crippen LogP contribution is 2.16. The minimum atomic E-state index is 0.194. The first-order chi connectivity index (χ1) is 6.75. The molecule has 14 heavy (non-hydrogen) atoms. The molecular formula is C8H12BrN3O2. The zero-order valence-corrected chi connectivity index (χ0v) is 9.24. The Morgan fingerprint density at radius 2 is 2.64 bits per heavy atom. The van der Waals surface area contributed by atoms with Crippen LogP contribution in [0.2, 0.25) is 0 Å². The van der Waals surface area contributed by atoms with E-state index in [4.69, 9.17) is 15.2 Å². The fraction of sp³-hybridized carbons (Fsp3) is 0.625. The Bertz CT molecular complexity index is 290. The summed E-state index contributed by atoms with van der Waals surface area (Å²) in [5, 5.41) is 4.05. The van der Waals surface area contributed by atoms with Crippen molar-refractivity contribution in [2.24, 2.45) is 0 Å². The van der Waals surface area contributed by atoms with E-state index in [1.54, 1.807) is 10.9 Å². The van der Waals surface area contributed by atoms with E-state index in [2.05, 4.69) is 21.0 Å². The number of rotatable bonds is 3. The number of halogens is 1. The third-order valence-electron chi connectivity index (χ3n) is 2.07. The first kappa shape index (κ1) is 9.95. The Labute approximate surface area is 90.3 Å². The van der Waals surface area contributed by atoms with E-state index in [9.17, 15) is 0 Å². The summed E-state index contributed by atoms with van der Waals surface area (Å²) in [6, 6.07) is 0. The second kappa shape index (κ2) is 4.29. The van der Waals surface area contributed by atoms with Crippen LogP contribution in [0.15, 0.2) is 10.7 Å². The molecule has 0 aliphatic carbocycles. The fourth-order valence-corrected chi connectivity index (χ4v) is 1.62. The van der Waals surface area contributed by atoms with Crippen LogP contribution in [0.3, 0.4) is 0 Å². The van der Waals surface area contributed by atoms with E-state index >= 15 is 0 Å². The zero-order valence-electron chi connectivity index (χ0n) is 7.65. The Morgan fingerprint density at radius 1 is 1.79 bits per heavy atom. The van der Waals surface area contributed by atoms with Crippen molar-refractivity contribution in [3.8, 4) is 0 Å². The van der Waals surface area contributed by atoms with E-state index in [0.717, 1.165) is 17.5 Å². The van der Waals surface area contributed by atoms with Gasteiger partial charge in [0.2, 0.25) is 0 Å². The maximum atomic E-state index is 5.57. The van der Waals surface area contributed by atoms with Crippen LogP contribution in [0.4, 0.5) is 5.82 Å². The number of nitrogen functional groups attached to an aromatic ring is 1. The molecule has 1 unspecified atom stereocenters. The second-order valence-corrected chi connectivity index (χ2v) is 4.04. The van der Waals surface area contributed by atoms with Crippen molar-refractivity contribution < 1.29 is 9.47 Å². The van der Waals surface area contributed by atoms with Crippen LogP contribution in [0, 0.1) is 0 Å². The van der Waals surface area contributed by atoms with E-state index in [1.165, 1.54) is 0 Å². The van der Waals surface area contributed by atoms with Gasteiger partial charge in [-0.25, -0.2) is 4.68 Å². The lowest BCUT2D eigenvalue weighted by molar-refractivity contribution is -0.00328. The van der Waals surface area contributed by atoms with Gasteiger partial charge < -0.3 is 15.2 Å². The highest BCUT2D eigenvalue weighted by atomic mass is 79.9. The number of nitrogens with two attached hydrogens (primary N) is 1. The van der Waals surface area contributed by atoms with Crippen LogP contribution in [0.5, 0.6) is 0 Å². The Morgan fingerprint density at radius 3 is 3.21 bits per heavy atom. The average Bonchev–Trinajstić information content (AvgIpc) is 2.74. The van der Waals surface area contributed by atoms with Gasteiger partial charge in [0.05, 0.1) is 17.2 Å². The molecule has 1 aromatic rings. The van der Waals surface area contributed by atoms with Crippen molar-refractivity contribution in [1.82, 2.24) is 9.78 Å². The molecule has 0 amide bonds. The molecule has 2 rings (SSSR count). The first-order valence-electron chi connectivity index (χ1n) is 4.43. The van der Waals surface area contributed by atoms with Crippen molar-refractivity contribution in [3.05, 3.63) is 10.7 Å². The summed E-state index contributed by atoms with van der Waals surface area (Å²) in [5.74, 6) is 0.483. The lowest BCUT2D eigenvalue weighted by Crippen LogP contribution is -2.15. The van der Waals surface area contributed by atoms with Crippen LogP contribution < -0.4 is 5.73 Å². The molecule has 2 heterocycles. The molecule has 1 aromatic heterocycles. The van der Waals surface area contributed by atoms with Crippen molar-refractivity contribution in [3.63, 3.8) is 0 Å². The maximum Gasteiger partial charge on any atom is 0.159 e. The van der Waals surface area contributed by atoms with Gasteiger partial charge in [0.25, 0.3) is 0 Å². The lowest BCUT2D eigenvalue weighted by atomic mass is 10.3. The third-order valence-corrected chi connectivity index (χ3v) is 2.68. The molecule has 0 bridgehead atoms. The third kappa shape index (κ3) is 2.26. The van der Waals surface area contributed by atoms with Gasteiger partial charge in [-0.05, 0) is 22.4 Å². The van der Waals surface area contributed by atoms with Gasteiger partial charge in [-0.2, -0.15) is 5.10 Å². The standard InChI is InChI=1S/C8H12BrN3O2/c9-7-3-12(11-8(7)10)5-14-6-1-2-13-4-6/h3,6H,1-2,4-5H2,(H2,10,11). The molecule has 0 spiro atoms. The molecule has 78 valence electrons. The van der Waals surface area contributed by atoms with Crippen molar-refractivity contribution >= 4 is 21.7 Å². The van der Waals surface area contributed by atoms with Crippen LogP contribution >= 0.6 is 15.9 Å². The molecule has 0 aromatic carbocycles. The average molecular weight is 262 g/mol. The number of anilines is 1. The highest BCUT2D eigenvalue weighted by Gasteiger charge is 2.16. The Hall–Kier alpha value is -0.590. The summed E-state index contributed by atoms with van der Waals surface area (Å²) in [7, 11) is 0. The van der Waals surface area contributed by atoms with Gasteiger partial charge in [0.1, 0.15) is 6.73 Å². The van der Waals surface area contributed by atoms with Crippen molar-refractivity contribution in [2.45, 2.75) is 19.3 Å². The predicted octanol–water partition coefficient (Wildman–Crippen LogP) is 0.991. The molecule has 0 saturated carbocycles. The number of nitrogens with zero attached hydrogens (tertiary/aromatic N) is 2. The quantitative estimate of drug-likeness (QED) is 0.882. The van der Waals surface area contributed by atoms with E-state index < -0.39 is 0 Å². The van der Waals surface area contributed by atoms with Gasteiger partial charge in [-0.15, -0.1) is 0 Å². The van der Waals surface area contributed by atoms with E-state index in [1.807, 2.05) is 0 Å². The SMILES string of the molecule is Nc1nn(COC2CCOC2)cc1Br. The summed E-state index contributed by atoms with van der Waals surface area (Å²) >= 11 is 3.28. The summed E-state index contributed by atoms with van der Waals surface area (Å²) in [6.07, 6.45) is 2.95. The normalized spacial score (nSPS) is 21.6. The topological polar surface area (TPSA) is 62.3 Å². The van der Waals surface area contributed by atoms with Crippen LogP contribution in [0.25, 0.3) is 0 Å². The summed E-state index contributed by atoms with van der Waals surface area (Å²) < 4.78 is 13.2. The van der Waals surface area contributed by atoms with Gasteiger partial charge in [-0.3, -0.25) is 0 Å². The zero-order chi connectivity index (χ0) is 9.97. The Kier molecular flexibility index (Phi) is 3.05. The molecule has 1 aliphatic heterocycles. The van der Waals surface area contributed by atoms with E-state index in [0.29, 0.717) is 19.2 Å². The first-order valence-corrected chi connectivity index (χ1v) is 5.23. The van der Waals surface area contributed by atoms with Gasteiger partial charge in [0, 0.05) is 12.8 Å². The summed E-state index contributed by atoms with van der Waals surface area (Å²) in [5.41, 5.74) is 5.57. The number of hydrogen-bond donors (Lipinski definition) is 1. The van der Waals surface area contributed by atoms with Crippen molar-refractivity contribution in [2.75, 3.05) is 18.9 Å². The summed E-state index contributed by atoms with van der Waals surface area (Å²) in [4.78, 5) is 0. The predicted molar refractivity (Wildman–Crippen MR) is 54.6 cm³/mol. The molecule has 1 fully saturated rings. The van der Waals surface area contributed by atoms with Crippen LogP contribution in [0.1, 0.15) is 6.42 Å². The minimum absolute atomic E-state index is 0.194. The van der Waals surface area contributed by atoms with Crippen LogP contribution in [-0.4, -0.2) is 29.1 Å². The lowest BCUT2D eigenvalue weighted by Gasteiger charge is -2.08.